The Morgan fingerprint density at radius 1 is 1.33 bits per heavy atom. The molecule has 1 N–H and O–H groups in total. The Morgan fingerprint density at radius 3 is 2.78 bits per heavy atom. The van der Waals surface area contributed by atoms with E-state index in [0.29, 0.717) is 5.92 Å². The van der Waals surface area contributed by atoms with Crippen molar-refractivity contribution in [3.63, 3.8) is 0 Å². The van der Waals surface area contributed by atoms with Crippen molar-refractivity contribution < 1.29 is 0 Å². The molecule has 0 aliphatic heterocycles. The van der Waals surface area contributed by atoms with Gasteiger partial charge in [0.1, 0.15) is 0 Å². The van der Waals surface area contributed by atoms with Crippen LogP contribution in [0.3, 0.4) is 0 Å². The van der Waals surface area contributed by atoms with Gasteiger partial charge in [0.15, 0.2) is 0 Å². The smallest absolute Gasteiger partial charge is 0.0699 e. The molecule has 0 saturated heterocycles. The highest BCUT2D eigenvalue weighted by atomic mass is 15.3. The van der Waals surface area contributed by atoms with Crippen LogP contribution in [0.1, 0.15) is 36.6 Å². The normalized spacial score (nSPS) is 10.9. The van der Waals surface area contributed by atoms with E-state index in [-0.39, 0.29) is 0 Å². The van der Waals surface area contributed by atoms with Crippen molar-refractivity contribution in [2.45, 2.75) is 33.2 Å². The Hall–Kier alpha value is -1.84. The van der Waals surface area contributed by atoms with Gasteiger partial charge in [-0.3, -0.25) is 9.67 Å². The molecule has 4 nitrogen and oxygen atoms in total. The van der Waals surface area contributed by atoms with Gasteiger partial charge >= 0.3 is 0 Å². The topological polar surface area (TPSA) is 42.7 Å². The first kappa shape index (κ1) is 12.6. The van der Waals surface area contributed by atoms with Gasteiger partial charge in [-0.2, -0.15) is 5.10 Å². The van der Waals surface area contributed by atoms with Crippen LogP contribution in [0.25, 0.3) is 0 Å². The summed E-state index contributed by atoms with van der Waals surface area (Å²) >= 11 is 0. The molecule has 18 heavy (non-hydrogen) atoms. The number of nitrogens with zero attached hydrogens (tertiary/aromatic N) is 3. The molecule has 0 radical (unpaired) electrons. The minimum atomic E-state index is 0.443. The molecule has 0 amide bonds. The lowest BCUT2D eigenvalue weighted by Crippen LogP contribution is -2.03. The minimum Gasteiger partial charge on any atom is -0.380 e. The number of nitrogens with one attached hydrogen (secondary N) is 1. The second-order valence-corrected chi connectivity index (χ2v) is 4.97. The van der Waals surface area contributed by atoms with Gasteiger partial charge in [0.05, 0.1) is 11.4 Å². The highest BCUT2D eigenvalue weighted by Gasteiger charge is 2.10. The third-order valence-electron chi connectivity index (χ3n) is 2.84. The van der Waals surface area contributed by atoms with Crippen molar-refractivity contribution in [3.8, 4) is 0 Å². The van der Waals surface area contributed by atoms with E-state index in [1.54, 1.807) is 0 Å². The van der Waals surface area contributed by atoms with Crippen LogP contribution in [-0.4, -0.2) is 14.8 Å². The Labute approximate surface area is 108 Å². The molecule has 2 rings (SSSR count). The van der Waals surface area contributed by atoms with Gasteiger partial charge in [-0.15, -0.1) is 0 Å². The largest absolute Gasteiger partial charge is 0.380 e. The highest BCUT2D eigenvalue weighted by Crippen LogP contribution is 2.18. The van der Waals surface area contributed by atoms with Crippen molar-refractivity contribution in [1.82, 2.24) is 14.8 Å². The summed E-state index contributed by atoms with van der Waals surface area (Å²) < 4.78 is 1.88. The van der Waals surface area contributed by atoms with E-state index in [9.17, 15) is 0 Å². The van der Waals surface area contributed by atoms with Crippen LogP contribution in [0.15, 0.2) is 24.7 Å². The molecule has 0 atom stereocenters. The fourth-order valence-electron chi connectivity index (χ4n) is 2.03. The molecule has 96 valence electrons. The van der Waals surface area contributed by atoms with Crippen LogP contribution >= 0.6 is 0 Å². The van der Waals surface area contributed by atoms with E-state index in [1.165, 1.54) is 5.56 Å². The van der Waals surface area contributed by atoms with Crippen molar-refractivity contribution in [2.75, 3.05) is 5.32 Å². The SMILES string of the molecule is Cc1cncc(NCc2cn(C)nc2C(C)C)c1. The van der Waals surface area contributed by atoms with Crippen molar-refractivity contribution in [2.24, 2.45) is 7.05 Å². The first-order valence-corrected chi connectivity index (χ1v) is 6.24. The van der Waals surface area contributed by atoms with Gasteiger partial charge in [0.25, 0.3) is 0 Å². The molecule has 2 aromatic rings. The summed E-state index contributed by atoms with van der Waals surface area (Å²) in [7, 11) is 1.96. The molecule has 0 aliphatic rings. The molecule has 0 saturated carbocycles. The zero-order valence-electron chi connectivity index (χ0n) is 11.4. The monoisotopic (exact) mass is 244 g/mol. The average Bonchev–Trinajstić information content (AvgIpc) is 2.68. The van der Waals surface area contributed by atoms with Gasteiger partial charge in [-0.1, -0.05) is 13.8 Å². The molecule has 0 bridgehead atoms. The fraction of sp³-hybridized carbons (Fsp3) is 0.429. The summed E-state index contributed by atoms with van der Waals surface area (Å²) in [6, 6.07) is 2.10. The molecule has 0 unspecified atom stereocenters. The highest BCUT2D eigenvalue weighted by molar-refractivity contribution is 5.43. The second kappa shape index (κ2) is 5.21. The standard InChI is InChI=1S/C14H20N4/c1-10(2)14-12(9-18(4)17-14)7-16-13-5-11(3)6-15-8-13/h5-6,8-10,16H,7H2,1-4H3. The van der Waals surface area contributed by atoms with E-state index < -0.39 is 0 Å². The van der Waals surface area contributed by atoms with Gasteiger partial charge < -0.3 is 5.32 Å². The zero-order valence-corrected chi connectivity index (χ0v) is 11.4. The summed E-state index contributed by atoms with van der Waals surface area (Å²) in [6.45, 7) is 7.16. The van der Waals surface area contributed by atoms with Gasteiger partial charge in [0.2, 0.25) is 0 Å². The molecule has 0 spiro atoms. The van der Waals surface area contributed by atoms with Crippen LogP contribution in [0.2, 0.25) is 0 Å². The second-order valence-electron chi connectivity index (χ2n) is 4.97. The third-order valence-corrected chi connectivity index (χ3v) is 2.84. The summed E-state index contributed by atoms with van der Waals surface area (Å²) in [5, 5.41) is 7.90. The van der Waals surface area contributed by atoms with Crippen molar-refractivity contribution in [3.05, 3.63) is 41.5 Å². The molecule has 4 heteroatoms. The molecule has 2 aromatic heterocycles. The van der Waals surface area contributed by atoms with Crippen molar-refractivity contribution >= 4 is 5.69 Å². The van der Waals surface area contributed by atoms with Crippen LogP contribution in [-0.2, 0) is 13.6 Å². The Bertz CT molecular complexity index is 528. The third kappa shape index (κ3) is 2.88. The van der Waals surface area contributed by atoms with Gasteiger partial charge in [-0.05, 0) is 24.5 Å². The van der Waals surface area contributed by atoms with Crippen LogP contribution in [0.5, 0.6) is 0 Å². The van der Waals surface area contributed by atoms with Crippen molar-refractivity contribution in [1.29, 1.82) is 0 Å². The van der Waals surface area contributed by atoms with Gasteiger partial charge in [0, 0.05) is 37.7 Å². The lowest BCUT2D eigenvalue weighted by molar-refractivity contribution is 0.712. The number of anilines is 1. The number of pyridine rings is 1. The quantitative estimate of drug-likeness (QED) is 0.899. The predicted molar refractivity (Wildman–Crippen MR) is 73.6 cm³/mol. The molecule has 0 aliphatic carbocycles. The Morgan fingerprint density at radius 2 is 2.11 bits per heavy atom. The van der Waals surface area contributed by atoms with E-state index in [0.717, 1.165) is 23.5 Å². The lowest BCUT2D eigenvalue weighted by Gasteiger charge is -2.08. The van der Waals surface area contributed by atoms with Crippen LogP contribution in [0.4, 0.5) is 5.69 Å². The van der Waals surface area contributed by atoms with Crippen LogP contribution in [0, 0.1) is 6.92 Å². The summed E-state index contributed by atoms with van der Waals surface area (Å²) in [6.07, 6.45) is 5.78. The van der Waals surface area contributed by atoms with E-state index in [4.69, 9.17) is 0 Å². The van der Waals surface area contributed by atoms with Gasteiger partial charge in [-0.25, -0.2) is 0 Å². The zero-order chi connectivity index (χ0) is 13.1. The van der Waals surface area contributed by atoms with E-state index in [2.05, 4.69) is 41.5 Å². The minimum absolute atomic E-state index is 0.443. The summed E-state index contributed by atoms with van der Waals surface area (Å²) in [4.78, 5) is 4.18. The summed E-state index contributed by atoms with van der Waals surface area (Å²) in [5.41, 5.74) is 4.61. The predicted octanol–water partition coefficient (Wildman–Crippen LogP) is 2.86. The molecule has 0 aromatic carbocycles. The maximum Gasteiger partial charge on any atom is 0.0699 e. The lowest BCUT2D eigenvalue weighted by atomic mass is 10.1. The number of aromatic nitrogens is 3. The molecular formula is C14H20N4. The molecule has 0 fully saturated rings. The number of rotatable bonds is 4. The number of aryl methyl sites for hydroxylation is 2. The Kier molecular flexibility index (Phi) is 3.65. The average molecular weight is 244 g/mol. The van der Waals surface area contributed by atoms with E-state index >= 15 is 0 Å². The van der Waals surface area contributed by atoms with Crippen LogP contribution < -0.4 is 5.32 Å². The summed E-state index contributed by atoms with van der Waals surface area (Å²) in [5.74, 6) is 0.443. The Balaban J connectivity index is 2.10. The molecule has 2 heterocycles. The maximum absolute atomic E-state index is 4.50. The maximum atomic E-state index is 4.50. The first-order valence-electron chi connectivity index (χ1n) is 6.24. The number of hydrogen-bond donors (Lipinski definition) is 1. The molecular weight excluding hydrogens is 224 g/mol. The first-order chi connectivity index (χ1) is 8.56. The fourth-order valence-corrected chi connectivity index (χ4v) is 2.03. The number of hydrogen-bond acceptors (Lipinski definition) is 3. The van der Waals surface area contributed by atoms with E-state index in [1.807, 2.05) is 31.0 Å².